The first-order chi connectivity index (χ1) is 12.2. The van der Waals surface area contributed by atoms with Gasteiger partial charge in [0, 0.05) is 33.4 Å². The minimum atomic E-state index is -0.104. The molecule has 1 aliphatic carbocycles. The highest BCUT2D eigenvalue weighted by Gasteiger charge is 2.25. The van der Waals surface area contributed by atoms with Crippen LogP contribution in [0.1, 0.15) is 46.0 Å². The average Bonchev–Trinajstić information content (AvgIpc) is 3.13. The zero-order valence-electron chi connectivity index (χ0n) is 16.5. The molecule has 154 valence electrons. The normalized spacial score (nSPS) is 16.0. The number of carbonyl (C=O) groups is 1. The van der Waals surface area contributed by atoms with Crippen molar-refractivity contribution < 1.29 is 14.3 Å². The molecule has 0 aromatic rings. The molecular weight excluding hydrogens is 447 g/mol. The Bertz CT molecular complexity index is 391. The molecular formula is C18H37IN4O3. The molecule has 0 aromatic carbocycles. The van der Waals surface area contributed by atoms with Gasteiger partial charge in [-0.25, -0.2) is 4.99 Å². The van der Waals surface area contributed by atoms with Gasteiger partial charge >= 0.3 is 0 Å². The number of halogens is 1. The van der Waals surface area contributed by atoms with Crippen molar-refractivity contribution in [2.75, 3.05) is 46.5 Å². The molecule has 0 radical (unpaired) electrons. The molecule has 7 nitrogen and oxygen atoms in total. The van der Waals surface area contributed by atoms with Crippen LogP contribution in [0, 0.1) is 5.92 Å². The fraction of sp³-hybridized carbons (Fsp3) is 0.889. The molecule has 3 N–H and O–H groups in total. The van der Waals surface area contributed by atoms with E-state index in [9.17, 15) is 4.79 Å². The predicted octanol–water partition coefficient (Wildman–Crippen LogP) is 1.91. The van der Waals surface area contributed by atoms with Gasteiger partial charge in [-0.1, -0.05) is 12.8 Å². The van der Waals surface area contributed by atoms with Crippen LogP contribution in [-0.4, -0.2) is 64.5 Å². The van der Waals surface area contributed by atoms with Crippen molar-refractivity contribution in [2.45, 2.75) is 52.1 Å². The highest BCUT2D eigenvalue weighted by atomic mass is 127. The van der Waals surface area contributed by atoms with Crippen molar-refractivity contribution in [2.24, 2.45) is 10.9 Å². The van der Waals surface area contributed by atoms with E-state index in [2.05, 4.69) is 27.9 Å². The first-order valence-electron chi connectivity index (χ1n) is 9.60. The first kappa shape index (κ1) is 25.4. The number of guanidine groups is 1. The highest BCUT2D eigenvalue weighted by Crippen LogP contribution is 2.30. The molecule has 8 heteroatoms. The van der Waals surface area contributed by atoms with Crippen LogP contribution in [0.3, 0.4) is 0 Å². The number of hydrogen-bond donors (Lipinski definition) is 3. The summed E-state index contributed by atoms with van der Waals surface area (Å²) >= 11 is 0. The Balaban J connectivity index is 0.00000625. The zero-order valence-corrected chi connectivity index (χ0v) is 18.8. The van der Waals surface area contributed by atoms with Gasteiger partial charge in [0.05, 0.1) is 12.7 Å². The summed E-state index contributed by atoms with van der Waals surface area (Å²) in [4.78, 5) is 16.1. The summed E-state index contributed by atoms with van der Waals surface area (Å²) in [5.41, 5.74) is 0. The Morgan fingerprint density at radius 1 is 1.15 bits per heavy atom. The van der Waals surface area contributed by atoms with Gasteiger partial charge in [0.1, 0.15) is 6.54 Å². The largest absolute Gasteiger partial charge is 0.383 e. The predicted molar refractivity (Wildman–Crippen MR) is 116 cm³/mol. The standard InChI is InChI=1S/C18H36N4O3.HI/c1-4-19-18(22-14-17(23)20-12-13-24-3)21-11-10-16(25-5-2)15-8-6-7-9-15;/h15-16H,4-14H2,1-3H3,(H,20,23)(H2,19,21,22);1H. The third kappa shape index (κ3) is 11.2. The van der Waals surface area contributed by atoms with Crippen molar-refractivity contribution >= 4 is 35.8 Å². The maximum atomic E-state index is 11.7. The van der Waals surface area contributed by atoms with Gasteiger partial charge in [0.2, 0.25) is 5.91 Å². The number of aliphatic imine (C=N–C) groups is 1. The molecule has 1 atom stereocenters. The summed E-state index contributed by atoms with van der Waals surface area (Å²) in [6.45, 7) is 7.50. The Hall–Kier alpha value is -0.610. The molecule has 0 heterocycles. The number of methoxy groups -OCH3 is 1. The molecule has 1 unspecified atom stereocenters. The molecule has 1 amide bonds. The van der Waals surface area contributed by atoms with Crippen molar-refractivity contribution in [3.8, 4) is 0 Å². The highest BCUT2D eigenvalue weighted by molar-refractivity contribution is 14.0. The summed E-state index contributed by atoms with van der Waals surface area (Å²) in [6, 6.07) is 0. The lowest BCUT2D eigenvalue weighted by Crippen LogP contribution is -2.40. The Kier molecular flexibility index (Phi) is 16.2. The molecule has 0 spiro atoms. The molecule has 1 rings (SSSR count). The Morgan fingerprint density at radius 3 is 2.50 bits per heavy atom. The Labute approximate surface area is 175 Å². The summed E-state index contributed by atoms with van der Waals surface area (Å²) in [6.07, 6.45) is 6.48. The molecule has 1 aliphatic rings. The van der Waals surface area contributed by atoms with Crippen molar-refractivity contribution in [1.82, 2.24) is 16.0 Å². The average molecular weight is 484 g/mol. The van der Waals surface area contributed by atoms with Gasteiger partial charge in [-0.2, -0.15) is 0 Å². The third-order valence-corrected chi connectivity index (χ3v) is 4.38. The van der Waals surface area contributed by atoms with E-state index >= 15 is 0 Å². The smallest absolute Gasteiger partial charge is 0.241 e. The quantitative estimate of drug-likeness (QED) is 0.171. The summed E-state index contributed by atoms with van der Waals surface area (Å²) in [5.74, 6) is 1.26. The third-order valence-electron chi connectivity index (χ3n) is 4.38. The Morgan fingerprint density at radius 2 is 1.88 bits per heavy atom. The fourth-order valence-corrected chi connectivity index (χ4v) is 3.17. The van der Waals surface area contributed by atoms with Gasteiger partial charge in [0.15, 0.2) is 5.96 Å². The molecule has 1 fully saturated rings. The second-order valence-electron chi connectivity index (χ2n) is 6.29. The van der Waals surface area contributed by atoms with Gasteiger partial charge in [-0.3, -0.25) is 4.79 Å². The lowest BCUT2D eigenvalue weighted by atomic mass is 9.98. The van der Waals surface area contributed by atoms with E-state index in [0.717, 1.165) is 26.1 Å². The van der Waals surface area contributed by atoms with E-state index in [1.807, 2.05) is 6.92 Å². The van der Waals surface area contributed by atoms with Crippen LogP contribution in [0.2, 0.25) is 0 Å². The van der Waals surface area contributed by atoms with E-state index in [1.54, 1.807) is 7.11 Å². The van der Waals surface area contributed by atoms with Crippen LogP contribution in [0.25, 0.3) is 0 Å². The molecule has 1 saturated carbocycles. The monoisotopic (exact) mass is 484 g/mol. The van der Waals surface area contributed by atoms with Crippen LogP contribution in [0.15, 0.2) is 4.99 Å². The van der Waals surface area contributed by atoms with E-state index in [0.29, 0.717) is 31.1 Å². The minimum absolute atomic E-state index is 0. The summed E-state index contributed by atoms with van der Waals surface area (Å²) in [5, 5.41) is 9.25. The van der Waals surface area contributed by atoms with E-state index < -0.39 is 0 Å². The van der Waals surface area contributed by atoms with Crippen LogP contribution >= 0.6 is 24.0 Å². The van der Waals surface area contributed by atoms with E-state index in [4.69, 9.17) is 9.47 Å². The van der Waals surface area contributed by atoms with Crippen LogP contribution in [0.4, 0.5) is 0 Å². The van der Waals surface area contributed by atoms with Gasteiger partial charge < -0.3 is 25.4 Å². The van der Waals surface area contributed by atoms with Crippen LogP contribution < -0.4 is 16.0 Å². The molecule has 0 saturated heterocycles. The molecule has 26 heavy (non-hydrogen) atoms. The SMILES string of the molecule is CCNC(=NCC(=O)NCCOC)NCCC(OCC)C1CCCC1.I. The maximum Gasteiger partial charge on any atom is 0.241 e. The lowest BCUT2D eigenvalue weighted by Gasteiger charge is -2.24. The zero-order chi connectivity index (χ0) is 18.3. The maximum absolute atomic E-state index is 11.7. The molecule has 0 bridgehead atoms. The van der Waals surface area contributed by atoms with E-state index in [1.165, 1.54) is 25.7 Å². The van der Waals surface area contributed by atoms with Gasteiger partial charge in [-0.05, 0) is 39.0 Å². The number of hydrogen-bond acceptors (Lipinski definition) is 4. The summed E-state index contributed by atoms with van der Waals surface area (Å²) < 4.78 is 10.9. The second kappa shape index (κ2) is 16.6. The number of rotatable bonds is 12. The van der Waals surface area contributed by atoms with Gasteiger partial charge in [0.25, 0.3) is 0 Å². The number of nitrogens with one attached hydrogen (secondary N) is 3. The topological polar surface area (TPSA) is 84.0 Å². The minimum Gasteiger partial charge on any atom is -0.383 e. The number of carbonyl (C=O) groups excluding carboxylic acids is 1. The first-order valence-corrected chi connectivity index (χ1v) is 9.60. The van der Waals surface area contributed by atoms with Crippen molar-refractivity contribution in [3.63, 3.8) is 0 Å². The van der Waals surface area contributed by atoms with Crippen molar-refractivity contribution in [1.29, 1.82) is 0 Å². The van der Waals surface area contributed by atoms with Crippen molar-refractivity contribution in [3.05, 3.63) is 0 Å². The van der Waals surface area contributed by atoms with Crippen LogP contribution in [-0.2, 0) is 14.3 Å². The number of ether oxygens (including phenoxy) is 2. The lowest BCUT2D eigenvalue weighted by molar-refractivity contribution is -0.119. The number of amides is 1. The summed E-state index contributed by atoms with van der Waals surface area (Å²) in [7, 11) is 1.61. The fourth-order valence-electron chi connectivity index (χ4n) is 3.17. The molecule has 0 aliphatic heterocycles. The van der Waals surface area contributed by atoms with E-state index in [-0.39, 0.29) is 36.4 Å². The van der Waals surface area contributed by atoms with Gasteiger partial charge in [-0.15, -0.1) is 24.0 Å². The molecule has 0 aromatic heterocycles. The second-order valence-corrected chi connectivity index (χ2v) is 6.29. The van der Waals surface area contributed by atoms with Crippen LogP contribution in [0.5, 0.6) is 0 Å². The number of nitrogens with zero attached hydrogens (tertiary/aromatic N) is 1.